The van der Waals surface area contributed by atoms with Gasteiger partial charge in [-0.05, 0) is 73.3 Å². The van der Waals surface area contributed by atoms with Crippen LogP contribution in [-0.2, 0) is 30.3 Å². The normalized spacial score (nSPS) is 38.6. The lowest BCUT2D eigenvalue weighted by atomic mass is 9.45. The zero-order valence-electron chi connectivity index (χ0n) is 21.8. The van der Waals surface area contributed by atoms with Gasteiger partial charge in [-0.2, -0.15) is 5.10 Å². The summed E-state index contributed by atoms with van der Waals surface area (Å²) in [5.74, 6) is -0.911. The predicted molar refractivity (Wildman–Crippen MR) is 131 cm³/mol. The number of aromatic amines is 1. The topological polar surface area (TPSA) is 119 Å². The highest BCUT2D eigenvalue weighted by Crippen LogP contribution is 2.68. The van der Waals surface area contributed by atoms with Crippen LogP contribution >= 0.6 is 0 Å². The summed E-state index contributed by atoms with van der Waals surface area (Å²) >= 11 is 0. The maximum absolute atomic E-state index is 13.7. The number of aliphatic hydroxyl groups excluding tert-OH is 1. The van der Waals surface area contributed by atoms with Gasteiger partial charge in [-0.15, -0.1) is 0 Å². The third kappa shape index (κ3) is 3.51. The van der Waals surface area contributed by atoms with Gasteiger partial charge in [-0.25, -0.2) is 0 Å². The Morgan fingerprint density at radius 1 is 1.17 bits per heavy atom. The molecule has 196 valence electrons. The van der Waals surface area contributed by atoms with Crippen molar-refractivity contribution in [2.75, 3.05) is 6.61 Å². The van der Waals surface area contributed by atoms with Gasteiger partial charge in [0.05, 0.1) is 18.0 Å². The Morgan fingerprint density at radius 2 is 1.92 bits per heavy atom. The number of allylic oxidation sites excluding steroid dienone is 1. The first-order valence-corrected chi connectivity index (χ1v) is 13.4. The Hall–Kier alpha value is -2.48. The molecule has 0 aliphatic heterocycles. The van der Waals surface area contributed by atoms with Crippen molar-refractivity contribution in [2.45, 2.75) is 90.8 Å². The lowest BCUT2D eigenvalue weighted by Gasteiger charge is -2.60. The SMILES string of the molecule is CCC(=O)OCC(=O)[C@@]1(OC(=O)CC)CCC2C3CCC4=Cc5[nH]ncc5CC4(C)C3C(O)CC21C. The summed E-state index contributed by atoms with van der Waals surface area (Å²) in [5.41, 5.74) is 1.27. The van der Waals surface area contributed by atoms with Crippen molar-refractivity contribution in [1.29, 1.82) is 0 Å². The van der Waals surface area contributed by atoms with Gasteiger partial charge in [0.25, 0.3) is 0 Å². The van der Waals surface area contributed by atoms with E-state index in [2.05, 4.69) is 23.2 Å². The lowest BCUT2D eigenvalue weighted by Crippen LogP contribution is -2.63. The average molecular weight is 499 g/mol. The number of ketones is 1. The minimum atomic E-state index is -1.40. The first-order valence-electron chi connectivity index (χ1n) is 13.4. The van der Waals surface area contributed by atoms with Crippen LogP contribution in [0, 0.1) is 28.6 Å². The Kier molecular flexibility index (Phi) is 6.17. The van der Waals surface area contributed by atoms with Crippen LogP contribution in [0.1, 0.15) is 83.9 Å². The van der Waals surface area contributed by atoms with Crippen molar-refractivity contribution in [3.63, 3.8) is 0 Å². The fourth-order valence-corrected chi connectivity index (χ4v) is 8.40. The van der Waals surface area contributed by atoms with E-state index in [-0.39, 0.29) is 41.8 Å². The molecule has 1 aromatic heterocycles. The zero-order chi connectivity index (χ0) is 25.9. The number of nitrogens with one attached hydrogen (secondary N) is 1. The van der Waals surface area contributed by atoms with Crippen LogP contribution < -0.4 is 0 Å². The fourth-order valence-electron chi connectivity index (χ4n) is 8.40. The molecular weight excluding hydrogens is 460 g/mol. The Bertz CT molecular complexity index is 1110. The molecule has 6 unspecified atom stereocenters. The van der Waals surface area contributed by atoms with E-state index in [0.717, 1.165) is 31.4 Å². The first-order chi connectivity index (χ1) is 17.1. The van der Waals surface area contributed by atoms with E-state index in [1.54, 1.807) is 13.8 Å². The number of aromatic nitrogens is 2. The number of Topliss-reactive ketones (excluding diaryl/α,β-unsaturated/α-hetero) is 1. The number of esters is 2. The van der Waals surface area contributed by atoms with Gasteiger partial charge in [0.15, 0.2) is 12.2 Å². The van der Waals surface area contributed by atoms with Gasteiger partial charge >= 0.3 is 11.9 Å². The molecule has 3 fully saturated rings. The molecule has 1 heterocycles. The molecule has 36 heavy (non-hydrogen) atoms. The number of carbonyl (C=O) groups excluding carboxylic acids is 3. The molecular formula is C28H38N2O6. The highest BCUT2D eigenvalue weighted by atomic mass is 16.6. The molecule has 0 radical (unpaired) electrons. The van der Waals surface area contributed by atoms with Crippen LogP contribution in [0.2, 0.25) is 0 Å². The van der Waals surface area contributed by atoms with E-state index in [0.29, 0.717) is 12.8 Å². The monoisotopic (exact) mass is 498 g/mol. The van der Waals surface area contributed by atoms with Crippen molar-refractivity contribution in [3.05, 3.63) is 23.0 Å². The van der Waals surface area contributed by atoms with Crippen LogP contribution in [-0.4, -0.2) is 51.3 Å². The zero-order valence-corrected chi connectivity index (χ0v) is 21.8. The van der Waals surface area contributed by atoms with Gasteiger partial charge in [-0.3, -0.25) is 19.5 Å². The summed E-state index contributed by atoms with van der Waals surface area (Å²) in [7, 11) is 0. The Labute approximate surface area is 212 Å². The Balaban J connectivity index is 1.50. The van der Waals surface area contributed by atoms with E-state index >= 15 is 0 Å². The molecule has 4 aliphatic carbocycles. The summed E-state index contributed by atoms with van der Waals surface area (Å²) in [4.78, 5) is 38.2. The van der Waals surface area contributed by atoms with E-state index in [1.165, 1.54) is 11.1 Å². The summed E-state index contributed by atoms with van der Waals surface area (Å²) < 4.78 is 11.2. The van der Waals surface area contributed by atoms with Crippen molar-refractivity contribution in [3.8, 4) is 0 Å². The van der Waals surface area contributed by atoms with Gasteiger partial charge < -0.3 is 14.6 Å². The molecule has 0 saturated heterocycles. The number of carbonyl (C=O) groups is 3. The van der Waals surface area contributed by atoms with Crippen molar-refractivity contribution in [1.82, 2.24) is 10.2 Å². The standard InChI is InChI=1S/C28H38N2O6/c1-5-23(33)35-15-22(32)28(36-24(34)6-2)10-9-19-18-8-7-17-11-20-16(14-29-30-20)12-26(17,3)25(18)21(31)13-27(19,28)4/h11,14,18-19,21,25,31H,5-10,12-13,15H2,1-4H3,(H,29,30)/t18?,19?,21?,25?,26?,27?,28-/m0/s1. The maximum atomic E-state index is 13.7. The van der Waals surface area contributed by atoms with Gasteiger partial charge in [0.2, 0.25) is 5.78 Å². The molecule has 7 atom stereocenters. The number of hydrogen-bond acceptors (Lipinski definition) is 7. The molecule has 2 N–H and O–H groups in total. The molecule has 0 amide bonds. The summed E-state index contributed by atoms with van der Waals surface area (Å²) in [6, 6.07) is 0. The molecule has 5 rings (SSSR count). The average Bonchev–Trinajstić information content (AvgIpc) is 3.41. The molecule has 8 nitrogen and oxygen atoms in total. The number of H-pyrrole nitrogens is 1. The summed E-state index contributed by atoms with van der Waals surface area (Å²) in [5, 5.41) is 19.1. The van der Waals surface area contributed by atoms with E-state index in [1.807, 2.05) is 13.1 Å². The summed E-state index contributed by atoms with van der Waals surface area (Å²) in [6.07, 6.45) is 7.95. The maximum Gasteiger partial charge on any atom is 0.306 e. The molecule has 3 saturated carbocycles. The number of nitrogens with zero attached hydrogens (tertiary/aromatic N) is 1. The van der Waals surface area contributed by atoms with Crippen LogP contribution in [0.3, 0.4) is 0 Å². The van der Waals surface area contributed by atoms with Crippen LogP contribution in [0.15, 0.2) is 11.8 Å². The number of fused-ring (bicyclic) bond motifs is 6. The summed E-state index contributed by atoms with van der Waals surface area (Å²) in [6.45, 7) is 7.25. The van der Waals surface area contributed by atoms with Crippen molar-refractivity contribution >= 4 is 23.8 Å². The highest BCUT2D eigenvalue weighted by molar-refractivity contribution is 5.93. The minimum Gasteiger partial charge on any atom is -0.457 e. The third-order valence-corrected chi connectivity index (χ3v) is 10.1. The molecule has 0 bridgehead atoms. The van der Waals surface area contributed by atoms with Crippen molar-refractivity contribution < 1.29 is 29.0 Å². The third-order valence-electron chi connectivity index (χ3n) is 10.1. The molecule has 0 spiro atoms. The number of ether oxygens (including phenoxy) is 2. The predicted octanol–water partition coefficient (Wildman–Crippen LogP) is 3.78. The van der Waals surface area contributed by atoms with Crippen LogP contribution in [0.5, 0.6) is 0 Å². The second-order valence-corrected chi connectivity index (χ2v) is 11.7. The van der Waals surface area contributed by atoms with Gasteiger partial charge in [-0.1, -0.05) is 33.3 Å². The number of rotatable bonds is 6. The molecule has 4 aliphatic rings. The molecule has 0 aromatic carbocycles. The highest BCUT2D eigenvalue weighted by Gasteiger charge is 2.70. The lowest BCUT2D eigenvalue weighted by molar-refractivity contribution is -0.202. The number of aliphatic hydroxyl groups is 1. The van der Waals surface area contributed by atoms with E-state index in [9.17, 15) is 19.5 Å². The second-order valence-electron chi connectivity index (χ2n) is 11.7. The fraction of sp³-hybridized carbons (Fsp3) is 0.714. The number of hydrogen-bond donors (Lipinski definition) is 2. The molecule has 8 heteroatoms. The smallest absolute Gasteiger partial charge is 0.306 e. The van der Waals surface area contributed by atoms with E-state index < -0.39 is 35.7 Å². The van der Waals surface area contributed by atoms with Crippen molar-refractivity contribution in [2.24, 2.45) is 28.6 Å². The van der Waals surface area contributed by atoms with Gasteiger partial charge in [0.1, 0.15) is 0 Å². The van der Waals surface area contributed by atoms with Crippen LogP contribution in [0.25, 0.3) is 6.08 Å². The van der Waals surface area contributed by atoms with Crippen LogP contribution in [0.4, 0.5) is 0 Å². The van der Waals surface area contributed by atoms with Gasteiger partial charge in [0, 0.05) is 18.3 Å². The second kappa shape index (κ2) is 8.82. The first kappa shape index (κ1) is 25.2. The Morgan fingerprint density at radius 3 is 2.64 bits per heavy atom. The largest absolute Gasteiger partial charge is 0.457 e. The molecule has 1 aromatic rings. The van der Waals surface area contributed by atoms with E-state index in [4.69, 9.17) is 9.47 Å². The minimum absolute atomic E-state index is 0.0457. The quantitative estimate of drug-likeness (QED) is 0.573.